The van der Waals surface area contributed by atoms with E-state index in [1.54, 1.807) is 18.3 Å². The highest BCUT2D eigenvalue weighted by atomic mass is 32.2. The predicted molar refractivity (Wildman–Crippen MR) is 116 cm³/mol. The van der Waals surface area contributed by atoms with E-state index in [1.165, 1.54) is 3.97 Å². The van der Waals surface area contributed by atoms with Crippen molar-refractivity contribution in [1.82, 2.24) is 13.8 Å². The standard InChI is InChI=1S/C21H30N5O2S/c1-3-13-26(17-5-4-11-23-14-17)15-24-20(22)19-10-12-25(21(19)26)29(27,28)18-8-6-16(2)7-9-18/h6-10,12,15,17,20,23H,3-5,11,13-14,22H2,1-2H3/q+1/t17?,20?,26-/m0/s1. The zero-order chi connectivity index (χ0) is 20.6. The van der Waals surface area contributed by atoms with Crippen LogP contribution < -0.4 is 15.5 Å². The summed E-state index contributed by atoms with van der Waals surface area (Å²) in [6.07, 6.45) is 5.99. The average Bonchev–Trinajstić information content (AvgIpc) is 3.19. The molecule has 7 nitrogen and oxygen atoms in total. The quantitative estimate of drug-likeness (QED) is 0.733. The Balaban J connectivity index is 1.91. The SMILES string of the molecule is CCC[N@@+]1(C2CCCNC2)C=NC(N)c2ccn(S(=O)(=O)c3ccc(C)cc3)c21. The highest BCUT2D eigenvalue weighted by molar-refractivity contribution is 7.90. The fourth-order valence-corrected chi connectivity index (χ4v) is 6.04. The molecule has 0 saturated carbocycles. The minimum atomic E-state index is -3.74. The van der Waals surface area contributed by atoms with Gasteiger partial charge in [0.25, 0.3) is 10.0 Å². The molecule has 0 aliphatic carbocycles. The maximum atomic E-state index is 13.6. The number of piperidine rings is 1. The Bertz CT molecular complexity index is 1010. The van der Waals surface area contributed by atoms with E-state index in [0.717, 1.165) is 55.8 Å². The Hall–Kier alpha value is -2.00. The van der Waals surface area contributed by atoms with Crippen LogP contribution in [0.3, 0.4) is 0 Å². The summed E-state index contributed by atoms with van der Waals surface area (Å²) < 4.78 is 29.1. The molecule has 0 amide bonds. The van der Waals surface area contributed by atoms with E-state index in [-0.39, 0.29) is 10.9 Å². The first-order valence-corrected chi connectivity index (χ1v) is 11.8. The molecule has 3 heterocycles. The smallest absolute Gasteiger partial charge is 0.272 e. The van der Waals surface area contributed by atoms with Crippen molar-refractivity contribution in [3.8, 4) is 0 Å². The van der Waals surface area contributed by atoms with Gasteiger partial charge in [-0.2, -0.15) is 3.97 Å². The second kappa shape index (κ2) is 7.68. The molecule has 1 saturated heterocycles. The van der Waals surface area contributed by atoms with E-state index in [9.17, 15) is 8.42 Å². The van der Waals surface area contributed by atoms with Crippen LogP contribution in [0.2, 0.25) is 0 Å². The molecular formula is C21H30N5O2S+. The molecule has 0 radical (unpaired) electrons. The Morgan fingerprint density at radius 3 is 2.69 bits per heavy atom. The number of nitrogens with zero attached hydrogens (tertiary/aromatic N) is 3. The van der Waals surface area contributed by atoms with Gasteiger partial charge in [0.05, 0.1) is 17.0 Å². The van der Waals surface area contributed by atoms with Crippen molar-refractivity contribution in [3.63, 3.8) is 0 Å². The van der Waals surface area contributed by atoms with Crippen molar-refractivity contribution in [2.75, 3.05) is 19.6 Å². The molecule has 2 aliphatic heterocycles. The van der Waals surface area contributed by atoms with E-state index >= 15 is 0 Å². The molecule has 156 valence electrons. The van der Waals surface area contributed by atoms with Crippen LogP contribution in [0.25, 0.3) is 0 Å². The molecule has 2 unspecified atom stereocenters. The number of hydrogen-bond acceptors (Lipinski definition) is 5. The number of fused-ring (bicyclic) bond motifs is 1. The topological polar surface area (TPSA) is 89.5 Å². The molecule has 2 aliphatic rings. The summed E-state index contributed by atoms with van der Waals surface area (Å²) in [5.41, 5.74) is 8.10. The second-order valence-corrected chi connectivity index (χ2v) is 9.89. The lowest BCUT2D eigenvalue weighted by molar-refractivity contribution is 0.250. The summed E-state index contributed by atoms with van der Waals surface area (Å²) in [4.78, 5) is 4.87. The molecule has 3 N–H and O–H groups in total. The Morgan fingerprint density at radius 1 is 1.28 bits per heavy atom. The zero-order valence-corrected chi connectivity index (χ0v) is 17.9. The average molecular weight is 417 g/mol. The number of quaternary nitrogens is 1. The van der Waals surface area contributed by atoms with Crippen LogP contribution in [-0.4, -0.2) is 44.4 Å². The summed E-state index contributed by atoms with van der Waals surface area (Å²) in [5, 5.41) is 3.48. The number of nitrogens with one attached hydrogen (secondary N) is 1. The first kappa shape index (κ1) is 20.3. The number of rotatable bonds is 5. The molecule has 1 aromatic carbocycles. The van der Waals surface area contributed by atoms with Crippen LogP contribution >= 0.6 is 0 Å². The second-order valence-electron chi connectivity index (χ2n) is 8.07. The number of nitrogens with two attached hydrogens (primary N) is 1. The third-order valence-corrected chi connectivity index (χ3v) is 7.78. The van der Waals surface area contributed by atoms with Crippen molar-refractivity contribution < 1.29 is 8.42 Å². The van der Waals surface area contributed by atoms with Gasteiger partial charge in [-0.05, 0) is 44.5 Å². The Kier molecular flexibility index (Phi) is 5.37. The number of aromatic nitrogens is 1. The van der Waals surface area contributed by atoms with Gasteiger partial charge in [0.15, 0.2) is 6.34 Å². The van der Waals surface area contributed by atoms with Gasteiger partial charge in [0, 0.05) is 19.2 Å². The third kappa shape index (κ3) is 3.34. The highest BCUT2D eigenvalue weighted by Gasteiger charge is 2.47. The van der Waals surface area contributed by atoms with Crippen molar-refractivity contribution in [2.45, 2.75) is 50.2 Å². The number of aryl methyl sites for hydroxylation is 1. The van der Waals surface area contributed by atoms with Gasteiger partial charge in [-0.25, -0.2) is 17.9 Å². The minimum absolute atomic E-state index is 0.223. The lowest BCUT2D eigenvalue weighted by Gasteiger charge is -2.44. The maximum absolute atomic E-state index is 13.6. The van der Waals surface area contributed by atoms with Gasteiger partial charge in [-0.3, -0.25) is 0 Å². The third-order valence-electron chi connectivity index (χ3n) is 6.10. The summed E-state index contributed by atoms with van der Waals surface area (Å²) in [6.45, 7) is 6.68. The first-order valence-electron chi connectivity index (χ1n) is 10.3. The minimum Gasteiger partial charge on any atom is -0.311 e. The monoisotopic (exact) mass is 416 g/mol. The van der Waals surface area contributed by atoms with Crippen LogP contribution in [0.5, 0.6) is 0 Å². The van der Waals surface area contributed by atoms with Gasteiger partial charge in [0.2, 0.25) is 5.82 Å². The first-order chi connectivity index (χ1) is 13.9. The Morgan fingerprint density at radius 2 is 2.03 bits per heavy atom. The van der Waals surface area contributed by atoms with E-state index in [0.29, 0.717) is 4.48 Å². The largest absolute Gasteiger partial charge is 0.311 e. The van der Waals surface area contributed by atoms with Crippen LogP contribution in [0, 0.1) is 6.92 Å². The molecule has 0 bridgehead atoms. The summed E-state index contributed by atoms with van der Waals surface area (Å²) in [5.74, 6) is 0.739. The fraction of sp³-hybridized carbons (Fsp3) is 0.476. The van der Waals surface area contributed by atoms with Crippen molar-refractivity contribution >= 4 is 22.2 Å². The number of benzene rings is 1. The lowest BCUT2D eigenvalue weighted by atomic mass is 10.0. The molecule has 2 aromatic rings. The summed E-state index contributed by atoms with van der Waals surface area (Å²) in [7, 11) is -3.74. The highest BCUT2D eigenvalue weighted by Crippen LogP contribution is 2.40. The molecule has 1 aromatic heterocycles. The fourth-order valence-electron chi connectivity index (χ4n) is 4.63. The van der Waals surface area contributed by atoms with Gasteiger partial charge >= 0.3 is 0 Å². The van der Waals surface area contributed by atoms with E-state index in [2.05, 4.69) is 17.2 Å². The van der Waals surface area contributed by atoms with Crippen molar-refractivity contribution in [2.24, 2.45) is 10.7 Å². The van der Waals surface area contributed by atoms with Gasteiger partial charge in [-0.15, -0.1) is 0 Å². The van der Waals surface area contributed by atoms with Crippen molar-refractivity contribution in [1.29, 1.82) is 0 Å². The van der Waals surface area contributed by atoms with Crippen LogP contribution in [0.1, 0.15) is 43.5 Å². The van der Waals surface area contributed by atoms with Crippen LogP contribution in [0.4, 0.5) is 5.82 Å². The van der Waals surface area contributed by atoms with Gasteiger partial charge in [-0.1, -0.05) is 24.6 Å². The molecule has 8 heteroatoms. The number of hydrogen-bond donors (Lipinski definition) is 2. The Labute approximate surface area is 172 Å². The maximum Gasteiger partial charge on any atom is 0.272 e. The summed E-state index contributed by atoms with van der Waals surface area (Å²) in [6, 6.07) is 9.04. The molecule has 29 heavy (non-hydrogen) atoms. The van der Waals surface area contributed by atoms with E-state index in [1.807, 2.05) is 31.5 Å². The van der Waals surface area contributed by atoms with Gasteiger partial charge in [0.1, 0.15) is 12.2 Å². The molecule has 0 spiro atoms. The molecule has 3 atom stereocenters. The molecule has 1 fully saturated rings. The van der Waals surface area contributed by atoms with Crippen molar-refractivity contribution in [3.05, 3.63) is 47.7 Å². The predicted octanol–water partition coefficient (Wildman–Crippen LogP) is 2.50. The normalized spacial score (nSPS) is 27.0. The van der Waals surface area contributed by atoms with Gasteiger partial charge < -0.3 is 11.1 Å². The van der Waals surface area contributed by atoms with Crippen LogP contribution in [0.15, 0.2) is 46.4 Å². The molecule has 4 rings (SSSR count). The van der Waals surface area contributed by atoms with Crippen LogP contribution in [-0.2, 0) is 10.0 Å². The molecular weight excluding hydrogens is 386 g/mol. The lowest BCUT2D eigenvalue weighted by Crippen LogP contribution is -2.63. The van der Waals surface area contributed by atoms with E-state index < -0.39 is 16.2 Å². The van der Waals surface area contributed by atoms with E-state index in [4.69, 9.17) is 5.73 Å². The summed E-state index contributed by atoms with van der Waals surface area (Å²) >= 11 is 0. The zero-order valence-electron chi connectivity index (χ0n) is 17.1. The number of aliphatic imine (C=N–C) groups is 1.